The molecule has 0 N–H and O–H groups in total. The van der Waals surface area contributed by atoms with Crippen LogP contribution in [0.2, 0.25) is 0 Å². The third-order valence-electron chi connectivity index (χ3n) is 2.87. The van der Waals surface area contributed by atoms with Crippen molar-refractivity contribution in [3.05, 3.63) is 57.0 Å². The standard InChI is InChI=1S/C13H12FN3O4/c1-8-6-16(15-12(8)17(19)20)7-9-3-4-10(11(14)5-9)13(18)21-2/h3-6H,7H2,1-2H3. The maximum atomic E-state index is 13.8. The Morgan fingerprint density at radius 3 is 2.76 bits per heavy atom. The molecule has 1 aromatic heterocycles. The SMILES string of the molecule is COC(=O)c1ccc(Cn2cc(C)c([N+](=O)[O-])n2)cc1F. The van der Waals surface area contributed by atoms with E-state index in [0.29, 0.717) is 11.1 Å². The predicted molar refractivity (Wildman–Crippen MR) is 70.5 cm³/mol. The summed E-state index contributed by atoms with van der Waals surface area (Å²) in [7, 11) is 1.17. The highest BCUT2D eigenvalue weighted by atomic mass is 19.1. The van der Waals surface area contributed by atoms with Gasteiger partial charge in [-0.1, -0.05) is 6.07 Å². The molecule has 21 heavy (non-hydrogen) atoms. The molecule has 0 saturated carbocycles. The first-order chi connectivity index (χ1) is 9.92. The number of nitrogens with zero attached hydrogens (tertiary/aromatic N) is 3. The number of aromatic nitrogens is 2. The van der Waals surface area contributed by atoms with Gasteiger partial charge in [0.1, 0.15) is 5.82 Å². The molecule has 110 valence electrons. The van der Waals surface area contributed by atoms with Crippen LogP contribution in [0.4, 0.5) is 10.2 Å². The summed E-state index contributed by atoms with van der Waals surface area (Å²) in [4.78, 5) is 21.4. The molecule has 0 amide bonds. The first kappa shape index (κ1) is 14.6. The zero-order chi connectivity index (χ0) is 15.6. The summed E-state index contributed by atoms with van der Waals surface area (Å²) in [5.74, 6) is -1.70. The number of carbonyl (C=O) groups is 1. The van der Waals surface area contributed by atoms with Gasteiger partial charge in [-0.3, -0.25) is 0 Å². The maximum Gasteiger partial charge on any atom is 0.392 e. The highest BCUT2D eigenvalue weighted by Crippen LogP contribution is 2.16. The molecule has 0 bridgehead atoms. The van der Waals surface area contributed by atoms with Gasteiger partial charge in [-0.2, -0.15) is 4.68 Å². The Hall–Kier alpha value is -2.77. The molecule has 0 atom stereocenters. The van der Waals surface area contributed by atoms with Crippen LogP contribution >= 0.6 is 0 Å². The van der Waals surface area contributed by atoms with E-state index in [0.717, 1.165) is 0 Å². The van der Waals surface area contributed by atoms with Crippen LogP contribution in [0.25, 0.3) is 0 Å². The Morgan fingerprint density at radius 2 is 2.24 bits per heavy atom. The quantitative estimate of drug-likeness (QED) is 0.489. The van der Waals surface area contributed by atoms with Crippen molar-refractivity contribution in [3.63, 3.8) is 0 Å². The summed E-state index contributed by atoms with van der Waals surface area (Å²) >= 11 is 0. The first-order valence-electron chi connectivity index (χ1n) is 5.97. The van der Waals surface area contributed by atoms with E-state index >= 15 is 0 Å². The van der Waals surface area contributed by atoms with E-state index in [2.05, 4.69) is 9.84 Å². The van der Waals surface area contributed by atoms with Crippen molar-refractivity contribution in [2.24, 2.45) is 0 Å². The van der Waals surface area contributed by atoms with Crippen LogP contribution < -0.4 is 0 Å². The molecule has 0 aliphatic carbocycles. The van der Waals surface area contributed by atoms with Gasteiger partial charge in [0.05, 0.1) is 36.1 Å². The Labute approximate surface area is 119 Å². The summed E-state index contributed by atoms with van der Waals surface area (Å²) in [6.45, 7) is 1.73. The molecule has 1 aromatic carbocycles. The van der Waals surface area contributed by atoms with Crippen LogP contribution in [0.3, 0.4) is 0 Å². The van der Waals surface area contributed by atoms with Gasteiger partial charge in [0, 0.05) is 0 Å². The van der Waals surface area contributed by atoms with Gasteiger partial charge in [0.2, 0.25) is 0 Å². The zero-order valence-electron chi connectivity index (χ0n) is 11.4. The molecule has 0 aliphatic rings. The highest BCUT2D eigenvalue weighted by Gasteiger charge is 2.18. The molecule has 1 heterocycles. The van der Waals surface area contributed by atoms with Crippen molar-refractivity contribution in [2.45, 2.75) is 13.5 Å². The average Bonchev–Trinajstić information content (AvgIpc) is 2.79. The summed E-state index contributed by atoms with van der Waals surface area (Å²) < 4.78 is 19.6. The lowest BCUT2D eigenvalue weighted by atomic mass is 10.1. The topological polar surface area (TPSA) is 87.3 Å². The van der Waals surface area contributed by atoms with Crippen LogP contribution in [0.5, 0.6) is 0 Å². The van der Waals surface area contributed by atoms with Crippen LogP contribution in [0.15, 0.2) is 24.4 Å². The fraction of sp³-hybridized carbons (Fsp3) is 0.231. The number of aryl methyl sites for hydroxylation is 1. The fourth-order valence-electron chi connectivity index (χ4n) is 1.89. The van der Waals surface area contributed by atoms with Gasteiger partial charge < -0.3 is 14.9 Å². The number of hydrogen-bond donors (Lipinski definition) is 0. The lowest BCUT2D eigenvalue weighted by Gasteiger charge is -2.03. The van der Waals surface area contributed by atoms with Crippen molar-refractivity contribution in [2.75, 3.05) is 7.11 Å². The number of esters is 1. The van der Waals surface area contributed by atoms with Crippen LogP contribution in [-0.2, 0) is 11.3 Å². The van der Waals surface area contributed by atoms with Crippen molar-refractivity contribution in [1.29, 1.82) is 0 Å². The lowest BCUT2D eigenvalue weighted by Crippen LogP contribution is -2.06. The Balaban J connectivity index is 2.24. The Morgan fingerprint density at radius 1 is 1.52 bits per heavy atom. The van der Waals surface area contributed by atoms with Gasteiger partial charge in [0.25, 0.3) is 0 Å². The van der Waals surface area contributed by atoms with Gasteiger partial charge >= 0.3 is 11.8 Å². The number of carbonyl (C=O) groups excluding carboxylic acids is 1. The van der Waals surface area contributed by atoms with Crippen LogP contribution in [-0.4, -0.2) is 27.8 Å². The Kier molecular flexibility index (Phi) is 3.97. The second-order valence-corrected chi connectivity index (χ2v) is 4.40. The second-order valence-electron chi connectivity index (χ2n) is 4.40. The van der Waals surface area contributed by atoms with Crippen molar-refractivity contribution >= 4 is 11.8 Å². The van der Waals surface area contributed by atoms with E-state index in [1.807, 2.05) is 0 Å². The molecular weight excluding hydrogens is 281 g/mol. The Bertz CT molecular complexity index is 711. The van der Waals surface area contributed by atoms with Crippen molar-refractivity contribution < 1.29 is 18.8 Å². The number of hydrogen-bond acceptors (Lipinski definition) is 5. The summed E-state index contributed by atoms with van der Waals surface area (Å²) in [6.07, 6.45) is 1.50. The maximum absolute atomic E-state index is 13.8. The first-order valence-corrected chi connectivity index (χ1v) is 5.97. The third-order valence-corrected chi connectivity index (χ3v) is 2.87. The van der Waals surface area contributed by atoms with E-state index < -0.39 is 16.7 Å². The van der Waals surface area contributed by atoms with Gasteiger partial charge in [0.15, 0.2) is 0 Å². The van der Waals surface area contributed by atoms with Gasteiger partial charge in [-0.15, -0.1) is 0 Å². The molecule has 0 saturated heterocycles. The molecule has 2 aromatic rings. The molecule has 0 unspecified atom stereocenters. The summed E-state index contributed by atoms with van der Waals surface area (Å²) in [5, 5.41) is 14.5. The minimum Gasteiger partial charge on any atom is -0.465 e. The minimum absolute atomic E-state index is 0.160. The van der Waals surface area contributed by atoms with E-state index in [1.165, 1.54) is 36.2 Å². The molecule has 0 radical (unpaired) electrons. The summed E-state index contributed by atoms with van der Waals surface area (Å²) in [6, 6.07) is 4.02. The van der Waals surface area contributed by atoms with E-state index in [-0.39, 0.29) is 17.9 Å². The molecule has 8 heteroatoms. The normalized spacial score (nSPS) is 10.4. The molecule has 0 fully saturated rings. The van der Waals surface area contributed by atoms with E-state index in [4.69, 9.17) is 0 Å². The summed E-state index contributed by atoms with van der Waals surface area (Å²) in [5.41, 5.74) is 0.785. The smallest absolute Gasteiger partial charge is 0.392 e. The number of benzene rings is 1. The van der Waals surface area contributed by atoms with Gasteiger partial charge in [-0.05, 0) is 29.5 Å². The molecular formula is C13H12FN3O4. The second kappa shape index (κ2) is 5.70. The number of methoxy groups -OCH3 is 1. The molecule has 0 aliphatic heterocycles. The number of nitro groups is 1. The number of halogens is 1. The van der Waals surface area contributed by atoms with Crippen molar-refractivity contribution in [1.82, 2.24) is 9.78 Å². The predicted octanol–water partition coefficient (Wildman–Crippen LogP) is 2.07. The molecule has 0 spiro atoms. The van der Waals surface area contributed by atoms with Crippen molar-refractivity contribution in [3.8, 4) is 0 Å². The molecule has 7 nitrogen and oxygen atoms in total. The van der Waals surface area contributed by atoms with Crippen LogP contribution in [0.1, 0.15) is 21.5 Å². The average molecular weight is 293 g/mol. The van der Waals surface area contributed by atoms with Gasteiger partial charge in [-0.25, -0.2) is 9.18 Å². The molecule has 2 rings (SSSR count). The van der Waals surface area contributed by atoms with Crippen LogP contribution in [0, 0.1) is 22.9 Å². The highest BCUT2D eigenvalue weighted by molar-refractivity contribution is 5.89. The lowest BCUT2D eigenvalue weighted by molar-refractivity contribution is -0.390. The number of ether oxygens (including phenoxy) is 1. The zero-order valence-corrected chi connectivity index (χ0v) is 11.4. The minimum atomic E-state index is -0.760. The monoisotopic (exact) mass is 293 g/mol. The largest absolute Gasteiger partial charge is 0.465 e. The fourth-order valence-corrected chi connectivity index (χ4v) is 1.89. The van der Waals surface area contributed by atoms with E-state index in [9.17, 15) is 19.3 Å². The third kappa shape index (κ3) is 3.04. The van der Waals surface area contributed by atoms with E-state index in [1.54, 1.807) is 6.92 Å². The number of rotatable bonds is 4.